The Hall–Kier alpha value is -0.590. The van der Waals surface area contributed by atoms with E-state index in [-0.39, 0.29) is 0 Å². The summed E-state index contributed by atoms with van der Waals surface area (Å²) in [5, 5.41) is 18.6. The van der Waals surface area contributed by atoms with Crippen LogP contribution in [0, 0.1) is 11.3 Å². The lowest BCUT2D eigenvalue weighted by molar-refractivity contribution is 0.0809. The second kappa shape index (κ2) is 4.08. The predicted octanol–water partition coefficient (Wildman–Crippen LogP) is 1.14. The first-order valence-corrected chi connectivity index (χ1v) is 4.95. The standard InChI is InChI=1S/C10H18N2O/c1-9(2)12-6-3-4-10(13,8-11)5-7-12/h9,13H,3-7H2,1-2H3. The quantitative estimate of drug-likeness (QED) is 0.618. The normalized spacial score (nSPS) is 31.3. The molecule has 0 radical (unpaired) electrons. The zero-order chi connectivity index (χ0) is 9.90. The van der Waals surface area contributed by atoms with Gasteiger partial charge in [0.2, 0.25) is 0 Å². The molecule has 1 rings (SSSR count). The predicted molar refractivity (Wildman–Crippen MR) is 51.1 cm³/mol. The zero-order valence-electron chi connectivity index (χ0n) is 8.45. The molecule has 1 aliphatic rings. The number of hydrogen-bond donors (Lipinski definition) is 1. The van der Waals surface area contributed by atoms with Crippen LogP contribution in [-0.2, 0) is 0 Å². The van der Waals surface area contributed by atoms with Crippen molar-refractivity contribution in [3.05, 3.63) is 0 Å². The number of rotatable bonds is 1. The summed E-state index contributed by atoms with van der Waals surface area (Å²) in [4.78, 5) is 2.31. The molecule has 0 saturated carbocycles. The highest BCUT2D eigenvalue weighted by molar-refractivity contribution is 5.01. The minimum atomic E-state index is -1.07. The molecule has 0 aromatic heterocycles. The van der Waals surface area contributed by atoms with E-state index < -0.39 is 5.60 Å². The molecule has 0 spiro atoms. The molecule has 1 unspecified atom stereocenters. The molecule has 1 N–H and O–H groups in total. The van der Waals surface area contributed by atoms with Crippen LogP contribution in [0.2, 0.25) is 0 Å². The van der Waals surface area contributed by atoms with Gasteiger partial charge in [0.05, 0.1) is 6.07 Å². The lowest BCUT2D eigenvalue weighted by Gasteiger charge is -2.24. The van der Waals surface area contributed by atoms with Crippen molar-refractivity contribution in [1.82, 2.24) is 4.90 Å². The molecule has 1 atom stereocenters. The molecule has 1 saturated heterocycles. The van der Waals surface area contributed by atoms with Gasteiger partial charge in [0.15, 0.2) is 5.60 Å². The Kier molecular flexibility index (Phi) is 3.29. The van der Waals surface area contributed by atoms with E-state index in [4.69, 9.17) is 5.26 Å². The Morgan fingerprint density at radius 2 is 2.08 bits per heavy atom. The first-order valence-electron chi connectivity index (χ1n) is 4.95. The molecular weight excluding hydrogens is 164 g/mol. The van der Waals surface area contributed by atoms with Gasteiger partial charge in [-0.05, 0) is 33.2 Å². The topological polar surface area (TPSA) is 47.3 Å². The van der Waals surface area contributed by atoms with Gasteiger partial charge in [-0.2, -0.15) is 5.26 Å². The van der Waals surface area contributed by atoms with Crippen molar-refractivity contribution in [2.24, 2.45) is 0 Å². The summed E-state index contributed by atoms with van der Waals surface area (Å²) in [6.07, 6.45) is 2.12. The summed E-state index contributed by atoms with van der Waals surface area (Å²) in [7, 11) is 0. The highest BCUT2D eigenvalue weighted by Gasteiger charge is 2.30. The molecule has 1 fully saturated rings. The highest BCUT2D eigenvalue weighted by Crippen LogP contribution is 2.22. The fourth-order valence-electron chi connectivity index (χ4n) is 1.77. The SMILES string of the molecule is CC(C)N1CCCC(O)(C#N)CC1. The van der Waals surface area contributed by atoms with Crippen LogP contribution in [0.4, 0.5) is 0 Å². The Labute approximate surface area is 80.0 Å². The Balaban J connectivity index is 2.55. The van der Waals surface area contributed by atoms with Crippen molar-refractivity contribution in [1.29, 1.82) is 5.26 Å². The molecule has 3 heteroatoms. The molecule has 0 aromatic carbocycles. The van der Waals surface area contributed by atoms with Crippen LogP contribution in [0.15, 0.2) is 0 Å². The molecule has 1 aliphatic heterocycles. The van der Waals surface area contributed by atoms with Crippen molar-refractivity contribution in [3.63, 3.8) is 0 Å². The maximum atomic E-state index is 9.77. The summed E-state index contributed by atoms with van der Waals surface area (Å²) in [6, 6.07) is 2.52. The lowest BCUT2D eigenvalue weighted by atomic mass is 9.97. The van der Waals surface area contributed by atoms with Crippen LogP contribution >= 0.6 is 0 Å². The highest BCUT2D eigenvalue weighted by atomic mass is 16.3. The number of nitriles is 1. The summed E-state index contributed by atoms with van der Waals surface area (Å²) in [5.74, 6) is 0. The maximum Gasteiger partial charge on any atom is 0.152 e. The van der Waals surface area contributed by atoms with Gasteiger partial charge in [-0.15, -0.1) is 0 Å². The van der Waals surface area contributed by atoms with Crippen LogP contribution in [-0.4, -0.2) is 34.7 Å². The van der Waals surface area contributed by atoms with E-state index in [9.17, 15) is 5.11 Å². The van der Waals surface area contributed by atoms with Crippen molar-refractivity contribution >= 4 is 0 Å². The minimum Gasteiger partial charge on any atom is -0.375 e. The van der Waals surface area contributed by atoms with E-state index in [0.717, 1.165) is 19.5 Å². The average molecular weight is 182 g/mol. The Morgan fingerprint density at radius 1 is 1.38 bits per heavy atom. The molecule has 3 nitrogen and oxygen atoms in total. The molecule has 0 aliphatic carbocycles. The maximum absolute atomic E-state index is 9.77. The van der Waals surface area contributed by atoms with Gasteiger partial charge in [-0.25, -0.2) is 0 Å². The van der Waals surface area contributed by atoms with Crippen LogP contribution in [0.3, 0.4) is 0 Å². The van der Waals surface area contributed by atoms with Crippen molar-refractivity contribution in [2.75, 3.05) is 13.1 Å². The van der Waals surface area contributed by atoms with Gasteiger partial charge < -0.3 is 10.0 Å². The van der Waals surface area contributed by atoms with Crippen molar-refractivity contribution in [3.8, 4) is 6.07 Å². The van der Waals surface area contributed by atoms with Gasteiger partial charge in [0, 0.05) is 19.0 Å². The van der Waals surface area contributed by atoms with Crippen LogP contribution in [0.5, 0.6) is 0 Å². The third-order valence-electron chi connectivity index (χ3n) is 2.79. The number of hydrogen-bond acceptors (Lipinski definition) is 3. The van der Waals surface area contributed by atoms with E-state index in [1.807, 2.05) is 6.07 Å². The summed E-state index contributed by atoms with van der Waals surface area (Å²) in [5.41, 5.74) is -1.07. The zero-order valence-corrected chi connectivity index (χ0v) is 8.45. The van der Waals surface area contributed by atoms with E-state index in [2.05, 4.69) is 18.7 Å². The van der Waals surface area contributed by atoms with Crippen LogP contribution in [0.25, 0.3) is 0 Å². The Bertz CT molecular complexity index is 209. The largest absolute Gasteiger partial charge is 0.375 e. The third-order valence-corrected chi connectivity index (χ3v) is 2.79. The monoisotopic (exact) mass is 182 g/mol. The molecular formula is C10H18N2O. The average Bonchev–Trinajstić information content (AvgIpc) is 2.28. The first kappa shape index (κ1) is 10.5. The van der Waals surface area contributed by atoms with E-state index >= 15 is 0 Å². The second-order valence-corrected chi connectivity index (χ2v) is 4.13. The van der Waals surface area contributed by atoms with Crippen LogP contribution in [0.1, 0.15) is 33.1 Å². The lowest BCUT2D eigenvalue weighted by Crippen LogP contribution is -2.33. The summed E-state index contributed by atoms with van der Waals surface area (Å²) in [6.45, 7) is 6.14. The van der Waals surface area contributed by atoms with Gasteiger partial charge >= 0.3 is 0 Å². The fourth-order valence-corrected chi connectivity index (χ4v) is 1.77. The van der Waals surface area contributed by atoms with E-state index in [1.165, 1.54) is 0 Å². The smallest absolute Gasteiger partial charge is 0.152 e. The van der Waals surface area contributed by atoms with E-state index in [1.54, 1.807) is 0 Å². The van der Waals surface area contributed by atoms with Crippen molar-refractivity contribution < 1.29 is 5.11 Å². The number of aliphatic hydroxyl groups is 1. The second-order valence-electron chi connectivity index (χ2n) is 4.13. The van der Waals surface area contributed by atoms with Crippen molar-refractivity contribution in [2.45, 2.75) is 44.8 Å². The third kappa shape index (κ3) is 2.68. The van der Waals surface area contributed by atoms with Gasteiger partial charge in [0.1, 0.15) is 0 Å². The minimum absolute atomic E-state index is 0.515. The van der Waals surface area contributed by atoms with Gasteiger partial charge in [0.25, 0.3) is 0 Å². The summed E-state index contributed by atoms with van der Waals surface area (Å²) >= 11 is 0. The summed E-state index contributed by atoms with van der Waals surface area (Å²) < 4.78 is 0. The van der Waals surface area contributed by atoms with Gasteiger partial charge in [-0.3, -0.25) is 0 Å². The molecule has 0 bridgehead atoms. The first-order chi connectivity index (χ1) is 6.07. The molecule has 0 aromatic rings. The molecule has 1 heterocycles. The molecule has 0 amide bonds. The van der Waals surface area contributed by atoms with Gasteiger partial charge in [-0.1, -0.05) is 0 Å². The van der Waals surface area contributed by atoms with E-state index in [0.29, 0.717) is 18.9 Å². The molecule has 74 valence electrons. The number of likely N-dealkylation sites (tertiary alicyclic amines) is 1. The molecule has 13 heavy (non-hydrogen) atoms. The fraction of sp³-hybridized carbons (Fsp3) is 0.900. The van der Waals surface area contributed by atoms with Crippen LogP contribution < -0.4 is 0 Å². The number of nitrogens with zero attached hydrogens (tertiary/aromatic N) is 2. The Morgan fingerprint density at radius 3 is 2.62 bits per heavy atom.